The van der Waals surface area contributed by atoms with Gasteiger partial charge in [0.15, 0.2) is 0 Å². The zero-order chi connectivity index (χ0) is 23.0. The molecule has 4 aromatic rings. The summed E-state index contributed by atoms with van der Waals surface area (Å²) in [7, 11) is 2.95. The van der Waals surface area contributed by atoms with Crippen molar-refractivity contribution in [2.45, 2.75) is 0 Å². The van der Waals surface area contributed by atoms with Crippen molar-refractivity contribution in [1.82, 2.24) is 4.90 Å². The molecule has 160 valence electrons. The Bertz CT molecular complexity index is 1580. The van der Waals surface area contributed by atoms with E-state index in [1.165, 1.54) is 14.2 Å². The molecule has 0 radical (unpaired) electrons. The number of hydrogen-bond donors (Lipinski definition) is 0. The van der Waals surface area contributed by atoms with Gasteiger partial charge < -0.3 is 4.74 Å². The number of carbonyl (C=O) groups is 4. The van der Waals surface area contributed by atoms with E-state index in [-0.39, 0.29) is 0 Å². The predicted molar refractivity (Wildman–Crippen MR) is 122 cm³/mol. The summed E-state index contributed by atoms with van der Waals surface area (Å²) in [5, 5.41) is 2.25. The molecule has 0 N–H and O–H groups in total. The van der Waals surface area contributed by atoms with Gasteiger partial charge in [0, 0.05) is 39.9 Å². The Morgan fingerprint density at radius 3 is 2.03 bits per heavy atom. The van der Waals surface area contributed by atoms with Crippen LogP contribution in [0.25, 0.3) is 21.5 Å². The van der Waals surface area contributed by atoms with Crippen LogP contribution in [0.4, 0.5) is 5.69 Å². The smallest absolute Gasteiger partial charge is 0.266 e. The molecule has 2 aliphatic rings. The molecule has 0 atom stereocenters. The molecule has 4 amide bonds. The highest BCUT2D eigenvalue weighted by atomic mass is 16.5. The average Bonchev–Trinajstić information content (AvgIpc) is 2.84. The Kier molecular flexibility index (Phi) is 3.77. The average molecular weight is 436 g/mol. The van der Waals surface area contributed by atoms with Crippen molar-refractivity contribution < 1.29 is 23.9 Å². The van der Waals surface area contributed by atoms with E-state index in [0.29, 0.717) is 49.8 Å². The van der Waals surface area contributed by atoms with Crippen molar-refractivity contribution in [2.75, 3.05) is 19.1 Å². The maximum absolute atomic E-state index is 13.7. The largest absolute Gasteiger partial charge is 0.497 e. The maximum Gasteiger partial charge on any atom is 0.266 e. The molecule has 33 heavy (non-hydrogen) atoms. The second kappa shape index (κ2) is 6.49. The van der Waals surface area contributed by atoms with E-state index in [1.807, 2.05) is 6.07 Å². The summed E-state index contributed by atoms with van der Waals surface area (Å²) in [6, 6.07) is 16.9. The minimum atomic E-state index is -0.492. The van der Waals surface area contributed by atoms with Gasteiger partial charge in [-0.3, -0.25) is 24.1 Å². The minimum Gasteiger partial charge on any atom is -0.497 e. The van der Waals surface area contributed by atoms with Gasteiger partial charge in [-0.05, 0) is 41.8 Å². The third kappa shape index (κ3) is 2.39. The quantitative estimate of drug-likeness (QED) is 0.443. The Labute approximate surface area is 187 Å². The fourth-order valence-corrected chi connectivity index (χ4v) is 4.81. The third-order valence-corrected chi connectivity index (χ3v) is 6.38. The van der Waals surface area contributed by atoms with Crippen molar-refractivity contribution >= 4 is 50.9 Å². The summed E-state index contributed by atoms with van der Waals surface area (Å²) in [6.45, 7) is 0. The molecule has 0 saturated heterocycles. The van der Waals surface area contributed by atoms with E-state index in [0.717, 1.165) is 15.2 Å². The van der Waals surface area contributed by atoms with Gasteiger partial charge in [-0.25, -0.2) is 4.90 Å². The maximum atomic E-state index is 13.7. The summed E-state index contributed by atoms with van der Waals surface area (Å²) < 4.78 is 5.37. The molecule has 0 aromatic heterocycles. The molecule has 2 aliphatic heterocycles. The van der Waals surface area contributed by atoms with Crippen LogP contribution in [0, 0.1) is 0 Å². The normalized spacial score (nSPS) is 15.1. The van der Waals surface area contributed by atoms with Crippen molar-refractivity contribution in [3.63, 3.8) is 0 Å². The SMILES string of the molecule is COc1cc2c3c(cccc3c1)C(=O)N(c1ccc3c4c(cccc14)C(=O)N(C)C3=O)C2=O. The summed E-state index contributed by atoms with van der Waals surface area (Å²) in [5.74, 6) is -1.30. The van der Waals surface area contributed by atoms with Crippen LogP contribution in [0.15, 0.2) is 60.7 Å². The van der Waals surface area contributed by atoms with Gasteiger partial charge in [-0.2, -0.15) is 0 Å². The molecule has 0 saturated carbocycles. The van der Waals surface area contributed by atoms with Gasteiger partial charge in [-0.15, -0.1) is 0 Å². The molecule has 0 fully saturated rings. The zero-order valence-corrected chi connectivity index (χ0v) is 17.7. The number of amides is 4. The summed E-state index contributed by atoms with van der Waals surface area (Å²) in [4.78, 5) is 54.9. The molecule has 7 heteroatoms. The molecule has 0 unspecified atom stereocenters. The molecule has 0 bridgehead atoms. The van der Waals surface area contributed by atoms with Gasteiger partial charge in [0.1, 0.15) is 5.75 Å². The molecule has 7 nitrogen and oxygen atoms in total. The number of hydrogen-bond acceptors (Lipinski definition) is 5. The number of rotatable bonds is 2. The van der Waals surface area contributed by atoms with Crippen LogP contribution in [-0.2, 0) is 0 Å². The Hall–Kier alpha value is -4.52. The lowest BCUT2D eigenvalue weighted by Gasteiger charge is -2.30. The zero-order valence-electron chi connectivity index (χ0n) is 17.7. The van der Waals surface area contributed by atoms with Gasteiger partial charge in [0.2, 0.25) is 0 Å². The number of carbonyl (C=O) groups excluding carboxylic acids is 4. The van der Waals surface area contributed by atoms with Crippen LogP contribution >= 0.6 is 0 Å². The first-order chi connectivity index (χ1) is 15.9. The first-order valence-corrected chi connectivity index (χ1v) is 10.3. The minimum absolute atomic E-state index is 0.321. The Morgan fingerprint density at radius 1 is 0.667 bits per heavy atom. The Morgan fingerprint density at radius 2 is 1.30 bits per heavy atom. The number of ether oxygens (including phenoxy) is 1. The monoisotopic (exact) mass is 436 g/mol. The topological polar surface area (TPSA) is 84.0 Å². The molecule has 6 rings (SSSR count). The van der Waals surface area contributed by atoms with E-state index >= 15 is 0 Å². The summed E-state index contributed by atoms with van der Waals surface area (Å²) in [6.07, 6.45) is 0. The van der Waals surface area contributed by atoms with Gasteiger partial charge >= 0.3 is 0 Å². The van der Waals surface area contributed by atoms with E-state index in [1.54, 1.807) is 54.6 Å². The highest BCUT2D eigenvalue weighted by Gasteiger charge is 2.37. The number of imide groups is 2. The summed E-state index contributed by atoms with van der Waals surface area (Å²) >= 11 is 0. The van der Waals surface area contributed by atoms with E-state index in [4.69, 9.17) is 4.74 Å². The second-order valence-electron chi connectivity index (χ2n) is 8.05. The standard InChI is InChI=1S/C26H16N2O5/c1-27-23(29)17-8-4-6-15-20(10-9-18(22(15)17)24(27)30)28-25(31)16-7-3-5-13-11-14(33-2)12-19(21(13)16)26(28)32/h3-12H,1-2H3. The number of methoxy groups -OCH3 is 1. The molecule has 4 aromatic carbocycles. The molecule has 0 spiro atoms. The number of benzene rings is 4. The van der Waals surface area contributed by atoms with Gasteiger partial charge in [0.05, 0.1) is 18.4 Å². The highest BCUT2D eigenvalue weighted by Crippen LogP contribution is 2.40. The number of nitrogens with zero attached hydrogens (tertiary/aromatic N) is 2. The van der Waals surface area contributed by atoms with Crippen LogP contribution in [0.3, 0.4) is 0 Å². The van der Waals surface area contributed by atoms with Gasteiger partial charge in [0.25, 0.3) is 23.6 Å². The third-order valence-electron chi connectivity index (χ3n) is 6.38. The van der Waals surface area contributed by atoms with Crippen molar-refractivity contribution in [3.05, 3.63) is 82.9 Å². The highest BCUT2D eigenvalue weighted by molar-refractivity contribution is 6.38. The van der Waals surface area contributed by atoms with Crippen LogP contribution in [0.2, 0.25) is 0 Å². The van der Waals surface area contributed by atoms with Crippen LogP contribution < -0.4 is 9.64 Å². The van der Waals surface area contributed by atoms with Crippen LogP contribution in [0.5, 0.6) is 5.75 Å². The van der Waals surface area contributed by atoms with Crippen LogP contribution in [0.1, 0.15) is 41.4 Å². The predicted octanol–water partition coefficient (Wildman–Crippen LogP) is 4.03. The van der Waals surface area contributed by atoms with Crippen molar-refractivity contribution in [1.29, 1.82) is 0 Å². The lowest BCUT2D eigenvalue weighted by molar-refractivity contribution is 0.0650. The molecule has 0 aliphatic carbocycles. The van der Waals surface area contributed by atoms with Gasteiger partial charge in [-0.1, -0.05) is 24.3 Å². The van der Waals surface area contributed by atoms with E-state index < -0.39 is 23.6 Å². The van der Waals surface area contributed by atoms with E-state index in [9.17, 15) is 19.2 Å². The second-order valence-corrected chi connectivity index (χ2v) is 8.05. The lowest BCUT2D eigenvalue weighted by Crippen LogP contribution is -2.41. The summed E-state index contributed by atoms with van der Waals surface area (Å²) in [5.41, 5.74) is 1.78. The molecular weight excluding hydrogens is 420 g/mol. The van der Waals surface area contributed by atoms with E-state index in [2.05, 4.69) is 0 Å². The molecular formula is C26H16N2O5. The first-order valence-electron chi connectivity index (χ1n) is 10.3. The molecule has 2 heterocycles. The lowest BCUT2D eigenvalue weighted by atomic mass is 9.90. The van der Waals surface area contributed by atoms with Crippen molar-refractivity contribution in [3.8, 4) is 5.75 Å². The Balaban J connectivity index is 1.64. The number of anilines is 1. The van der Waals surface area contributed by atoms with Crippen LogP contribution in [-0.4, -0.2) is 42.7 Å². The van der Waals surface area contributed by atoms with Crippen molar-refractivity contribution in [2.24, 2.45) is 0 Å². The fraction of sp³-hybridized carbons (Fsp3) is 0.0769. The first kappa shape index (κ1) is 19.2. The fourth-order valence-electron chi connectivity index (χ4n) is 4.81.